The maximum Gasteiger partial charge on any atom is 0.0988 e. The largest absolute Gasteiger partial charge is 0.136 e. The fraction of sp³-hybridized carbons (Fsp3) is 0.350. The van der Waals surface area contributed by atoms with Crippen molar-refractivity contribution >= 4 is 59.0 Å². The smallest absolute Gasteiger partial charge is 0.0988 e. The molecule has 0 saturated heterocycles. The normalized spacial score (nSPS) is 12.5. The van der Waals surface area contributed by atoms with E-state index in [9.17, 15) is 0 Å². The van der Waals surface area contributed by atoms with Crippen LogP contribution in [0.4, 0.5) is 0 Å². The molecular weight excluding hydrogens is 601 g/mol. The monoisotopic (exact) mass is 650 g/mol. The Morgan fingerprint density at radius 2 is 0.864 bits per heavy atom. The molecule has 4 rings (SSSR count). The first-order valence-corrected chi connectivity index (χ1v) is 23.2. The van der Waals surface area contributed by atoms with Crippen molar-refractivity contribution < 1.29 is 0 Å². The summed E-state index contributed by atoms with van der Waals surface area (Å²) in [6, 6.07) is 22.3. The first-order valence-electron chi connectivity index (χ1n) is 15.6. The van der Waals surface area contributed by atoms with Crippen molar-refractivity contribution in [1.82, 2.24) is 0 Å². The van der Waals surface area contributed by atoms with Gasteiger partial charge in [0.1, 0.15) is 0 Å². The molecule has 0 nitrogen and oxygen atoms in total. The van der Waals surface area contributed by atoms with Crippen LogP contribution in [0, 0.1) is 25.7 Å². The second kappa shape index (κ2) is 12.3. The molecular formula is C40H50S2Si2. The average molecular weight is 651 g/mol. The molecule has 0 radical (unpaired) electrons. The third-order valence-corrected chi connectivity index (χ3v) is 25.8. The lowest BCUT2D eigenvalue weighted by Crippen LogP contribution is -2.47. The fourth-order valence-electron chi connectivity index (χ4n) is 4.71. The van der Waals surface area contributed by atoms with E-state index in [-0.39, 0.29) is 10.1 Å². The van der Waals surface area contributed by atoms with E-state index in [1.165, 1.54) is 31.3 Å². The Bertz CT molecular complexity index is 1620. The summed E-state index contributed by atoms with van der Waals surface area (Å²) < 4.78 is 2.96. The molecule has 4 aromatic rings. The quantitative estimate of drug-likeness (QED) is 0.144. The highest BCUT2D eigenvalue weighted by Gasteiger charge is 2.40. The first kappa shape index (κ1) is 34.2. The summed E-state index contributed by atoms with van der Waals surface area (Å²) in [7, 11) is -3.54. The zero-order valence-corrected chi connectivity index (χ0v) is 32.6. The minimum atomic E-state index is -1.77. The molecule has 0 atom stereocenters. The minimum absolute atomic E-state index is 0.232. The zero-order valence-electron chi connectivity index (χ0n) is 29.0. The van der Waals surface area contributed by atoms with Gasteiger partial charge in [-0.05, 0) is 79.2 Å². The minimum Gasteiger partial charge on any atom is -0.136 e. The lowest BCUT2D eigenvalue weighted by Gasteiger charge is -2.35. The van der Waals surface area contributed by atoms with Gasteiger partial charge in [-0.2, -0.15) is 0 Å². The predicted octanol–water partition coefficient (Wildman–Crippen LogP) is 11.4. The molecule has 0 fully saturated rings. The summed E-state index contributed by atoms with van der Waals surface area (Å²) in [4.78, 5) is 2.23. The van der Waals surface area contributed by atoms with Gasteiger partial charge in [-0.15, -0.1) is 22.7 Å². The highest BCUT2D eigenvalue weighted by molar-refractivity contribution is 7.28. The second-order valence-electron chi connectivity index (χ2n) is 15.4. The molecule has 230 valence electrons. The highest BCUT2D eigenvalue weighted by Crippen LogP contribution is 2.40. The molecule has 2 heterocycles. The van der Waals surface area contributed by atoms with Crippen molar-refractivity contribution in [2.75, 3.05) is 0 Å². The van der Waals surface area contributed by atoms with E-state index >= 15 is 0 Å². The second-order valence-corrected chi connectivity index (χ2v) is 28.8. The van der Waals surface area contributed by atoms with Gasteiger partial charge in [0.25, 0.3) is 0 Å². The molecule has 0 amide bonds. The van der Waals surface area contributed by atoms with Crippen LogP contribution in [0.3, 0.4) is 0 Å². The van der Waals surface area contributed by atoms with Crippen molar-refractivity contribution in [2.45, 2.75) is 91.7 Å². The maximum absolute atomic E-state index is 4.60. The van der Waals surface area contributed by atoms with Gasteiger partial charge in [0.05, 0.1) is 25.9 Å². The van der Waals surface area contributed by atoms with E-state index in [2.05, 4.69) is 167 Å². The molecule has 0 aliphatic heterocycles. The number of aryl methyl sites for hydroxylation is 2. The highest BCUT2D eigenvalue weighted by atomic mass is 32.1. The van der Waals surface area contributed by atoms with Crippen molar-refractivity contribution in [3.05, 3.63) is 117 Å². The van der Waals surface area contributed by atoms with Crippen LogP contribution in [0.1, 0.15) is 84.7 Å². The zero-order chi connectivity index (χ0) is 32.8. The van der Waals surface area contributed by atoms with Gasteiger partial charge in [-0.3, -0.25) is 0 Å². The van der Waals surface area contributed by atoms with E-state index in [4.69, 9.17) is 0 Å². The number of thiophene rings is 2. The Balaban J connectivity index is 1.91. The molecule has 44 heavy (non-hydrogen) atoms. The fourth-order valence-corrected chi connectivity index (χ4v) is 13.3. The molecule has 0 saturated carbocycles. The van der Waals surface area contributed by atoms with Crippen LogP contribution in [0.15, 0.2) is 73.8 Å². The Morgan fingerprint density at radius 1 is 0.568 bits per heavy atom. The molecule has 0 bridgehead atoms. The molecule has 2 aromatic heterocycles. The Hall–Kier alpha value is -2.69. The van der Waals surface area contributed by atoms with Crippen LogP contribution >= 0.6 is 22.7 Å². The van der Waals surface area contributed by atoms with E-state index in [1.54, 1.807) is 0 Å². The lowest BCUT2D eigenvalue weighted by molar-refractivity contribution is 0.730. The van der Waals surface area contributed by atoms with E-state index in [0.29, 0.717) is 0 Å². The molecule has 0 aliphatic carbocycles. The first-order chi connectivity index (χ1) is 20.2. The molecule has 0 N–H and O–H groups in total. The van der Waals surface area contributed by atoms with Gasteiger partial charge < -0.3 is 0 Å². The van der Waals surface area contributed by atoms with E-state index in [1.807, 2.05) is 22.7 Å². The summed E-state index contributed by atoms with van der Waals surface area (Å²) in [6.07, 6.45) is 0. The van der Waals surface area contributed by atoms with Gasteiger partial charge in [0, 0.05) is 11.1 Å². The summed E-state index contributed by atoms with van der Waals surface area (Å²) in [5.41, 5.74) is 9.26. The maximum atomic E-state index is 4.60. The summed E-state index contributed by atoms with van der Waals surface area (Å²) in [6.45, 7) is 37.7. The molecule has 2 aromatic carbocycles. The molecule has 0 aliphatic rings. The van der Waals surface area contributed by atoms with Crippen molar-refractivity contribution in [1.29, 1.82) is 0 Å². The van der Waals surface area contributed by atoms with E-state index < -0.39 is 16.1 Å². The van der Waals surface area contributed by atoms with Gasteiger partial charge in [-0.25, -0.2) is 0 Å². The average Bonchev–Trinajstić information content (AvgIpc) is 3.56. The van der Waals surface area contributed by atoms with E-state index in [0.717, 1.165) is 32.0 Å². The van der Waals surface area contributed by atoms with Gasteiger partial charge in [-0.1, -0.05) is 141 Å². The summed E-state index contributed by atoms with van der Waals surface area (Å²) >= 11 is 3.77. The predicted molar refractivity (Wildman–Crippen MR) is 207 cm³/mol. The van der Waals surface area contributed by atoms with Crippen molar-refractivity contribution in [2.24, 2.45) is 0 Å². The SMILES string of the molecule is C=C(c1ccc(C)cc1)c1cc([Si](C)(C)C(C)(C)C)sc1C#Cc1sc([Si](C)(C)C(C)(C)C)cc1C(=C)c1ccc(C)cc1. The molecule has 4 heteroatoms. The topological polar surface area (TPSA) is 0 Å². The standard InChI is InChI=1S/C40H50S2Si2/c1-27-15-19-31(20-16-27)29(3)33-25-37(43(11,12)39(5,6)7)41-35(33)23-24-36-34(30(4)32-21-17-28(2)18-22-32)26-38(42-36)44(13,14)40(8,9)10/h15-22,25-26H,3-4H2,1-2,5-14H3. The number of hydrogen-bond donors (Lipinski definition) is 0. The Labute approximate surface area is 278 Å². The summed E-state index contributed by atoms with van der Waals surface area (Å²) in [5, 5.41) is 0.464. The third kappa shape index (κ3) is 6.77. The van der Waals surface area contributed by atoms with Gasteiger partial charge in [0.15, 0.2) is 0 Å². The van der Waals surface area contributed by atoms with Crippen LogP contribution in [0.25, 0.3) is 11.1 Å². The summed E-state index contributed by atoms with van der Waals surface area (Å²) in [5.74, 6) is 7.42. The number of benzene rings is 2. The molecule has 0 unspecified atom stereocenters. The van der Waals surface area contributed by atoms with Crippen molar-refractivity contribution in [3.8, 4) is 11.8 Å². The van der Waals surface area contributed by atoms with Crippen LogP contribution in [-0.2, 0) is 0 Å². The number of rotatable bonds is 6. The number of hydrogen-bond acceptors (Lipinski definition) is 2. The Morgan fingerprint density at radius 3 is 1.14 bits per heavy atom. The van der Waals surface area contributed by atoms with Gasteiger partial charge >= 0.3 is 0 Å². The van der Waals surface area contributed by atoms with Crippen LogP contribution < -0.4 is 9.00 Å². The van der Waals surface area contributed by atoms with Crippen LogP contribution in [0.5, 0.6) is 0 Å². The van der Waals surface area contributed by atoms with Crippen LogP contribution in [0.2, 0.25) is 36.3 Å². The lowest BCUT2D eigenvalue weighted by atomic mass is 9.98. The van der Waals surface area contributed by atoms with Crippen LogP contribution in [-0.4, -0.2) is 16.1 Å². The molecule has 0 spiro atoms. The van der Waals surface area contributed by atoms with Crippen molar-refractivity contribution in [3.63, 3.8) is 0 Å². The van der Waals surface area contributed by atoms with Gasteiger partial charge in [0.2, 0.25) is 0 Å². The third-order valence-electron chi connectivity index (χ3n) is 10.2. The Kier molecular flexibility index (Phi) is 9.52.